The monoisotopic (exact) mass is 328 g/mol. The van der Waals surface area contributed by atoms with Crippen molar-refractivity contribution in [1.82, 2.24) is 9.55 Å². The molecule has 1 aromatic carbocycles. The lowest BCUT2D eigenvalue weighted by Gasteiger charge is -2.10. The number of benzene rings is 1. The molecule has 116 valence electrons. The number of aryl methyl sites for hydroxylation is 2. The average molecular weight is 329 g/mol. The summed E-state index contributed by atoms with van der Waals surface area (Å²) in [4.78, 5) is 4.64. The van der Waals surface area contributed by atoms with E-state index in [2.05, 4.69) is 29.5 Å². The maximum atomic E-state index is 6.23. The molecule has 0 N–H and O–H groups in total. The lowest BCUT2D eigenvalue weighted by atomic mass is 10.3. The Balaban J connectivity index is 2.09. The summed E-state index contributed by atoms with van der Waals surface area (Å²) in [5, 5.41) is 0.699. The molecule has 0 saturated heterocycles. The Hall–Kier alpha value is -0.770. The van der Waals surface area contributed by atoms with Crippen molar-refractivity contribution in [2.75, 3.05) is 12.5 Å². The number of halogens is 2. The van der Waals surface area contributed by atoms with E-state index in [4.69, 9.17) is 27.9 Å². The number of unbranched alkanes of at least 4 members (excludes halogenated alkanes) is 1. The van der Waals surface area contributed by atoms with Gasteiger partial charge in [-0.2, -0.15) is 0 Å². The third-order valence-corrected chi connectivity index (χ3v) is 3.85. The maximum Gasteiger partial charge on any atom is 0.111 e. The topological polar surface area (TPSA) is 27.1 Å². The fourth-order valence-corrected chi connectivity index (χ4v) is 2.76. The summed E-state index contributed by atoms with van der Waals surface area (Å²) in [6, 6.07) is 5.91. The van der Waals surface area contributed by atoms with Gasteiger partial charge in [0.2, 0.25) is 0 Å². The molecule has 1 heterocycles. The first-order valence-electron chi connectivity index (χ1n) is 7.44. The predicted octanol–water partition coefficient (Wildman–Crippen LogP) is 4.68. The molecule has 21 heavy (non-hydrogen) atoms. The van der Waals surface area contributed by atoms with Crippen LogP contribution in [0, 0.1) is 0 Å². The quantitative estimate of drug-likeness (QED) is 0.519. The summed E-state index contributed by atoms with van der Waals surface area (Å²) in [5.74, 6) is 1.58. The van der Waals surface area contributed by atoms with E-state index < -0.39 is 0 Å². The third-order valence-electron chi connectivity index (χ3n) is 3.35. The van der Waals surface area contributed by atoms with E-state index in [9.17, 15) is 0 Å². The van der Waals surface area contributed by atoms with Crippen molar-refractivity contribution < 1.29 is 4.74 Å². The van der Waals surface area contributed by atoms with Crippen LogP contribution in [-0.2, 0) is 17.7 Å². The Morgan fingerprint density at radius 2 is 2.10 bits per heavy atom. The SMILES string of the molecule is CC(C)OCCCCn1c(CCCl)nc2c(Cl)cccc21. The summed E-state index contributed by atoms with van der Waals surface area (Å²) in [7, 11) is 0. The van der Waals surface area contributed by atoms with E-state index in [1.807, 2.05) is 12.1 Å². The summed E-state index contributed by atoms with van der Waals surface area (Å²) < 4.78 is 7.81. The minimum absolute atomic E-state index is 0.296. The molecule has 0 saturated carbocycles. The second kappa shape index (κ2) is 8.02. The zero-order chi connectivity index (χ0) is 15.2. The van der Waals surface area contributed by atoms with Crippen molar-refractivity contribution in [3.05, 3.63) is 29.0 Å². The number of para-hydroxylation sites is 1. The molecule has 0 radical (unpaired) electrons. The number of aromatic nitrogens is 2. The van der Waals surface area contributed by atoms with Crippen LogP contribution >= 0.6 is 23.2 Å². The fourth-order valence-electron chi connectivity index (χ4n) is 2.38. The van der Waals surface area contributed by atoms with Crippen LogP contribution < -0.4 is 0 Å². The van der Waals surface area contributed by atoms with Gasteiger partial charge in [-0.25, -0.2) is 4.98 Å². The molecular weight excluding hydrogens is 307 g/mol. The molecule has 0 unspecified atom stereocenters. The van der Waals surface area contributed by atoms with Crippen molar-refractivity contribution in [1.29, 1.82) is 0 Å². The molecule has 0 atom stereocenters. The highest BCUT2D eigenvalue weighted by molar-refractivity contribution is 6.34. The van der Waals surface area contributed by atoms with Crippen LogP contribution in [0.3, 0.4) is 0 Å². The van der Waals surface area contributed by atoms with Gasteiger partial charge in [-0.1, -0.05) is 17.7 Å². The van der Waals surface area contributed by atoms with Gasteiger partial charge in [0.05, 0.1) is 16.6 Å². The predicted molar refractivity (Wildman–Crippen MR) is 89.5 cm³/mol. The van der Waals surface area contributed by atoms with Crippen molar-refractivity contribution in [3.8, 4) is 0 Å². The highest BCUT2D eigenvalue weighted by atomic mass is 35.5. The second-order valence-corrected chi connectivity index (χ2v) is 6.14. The van der Waals surface area contributed by atoms with Crippen LogP contribution in [0.2, 0.25) is 5.02 Å². The summed E-state index contributed by atoms with van der Waals surface area (Å²) in [5.41, 5.74) is 1.96. The van der Waals surface area contributed by atoms with Gasteiger partial charge in [0.15, 0.2) is 0 Å². The van der Waals surface area contributed by atoms with Gasteiger partial charge < -0.3 is 9.30 Å². The zero-order valence-electron chi connectivity index (χ0n) is 12.6. The second-order valence-electron chi connectivity index (χ2n) is 5.35. The Morgan fingerprint density at radius 1 is 1.29 bits per heavy atom. The number of ether oxygens (including phenoxy) is 1. The first-order valence-corrected chi connectivity index (χ1v) is 8.36. The Bertz CT molecular complexity index is 581. The van der Waals surface area contributed by atoms with Gasteiger partial charge in [0.25, 0.3) is 0 Å². The lowest BCUT2D eigenvalue weighted by Crippen LogP contribution is -2.08. The molecule has 0 bridgehead atoms. The number of imidazole rings is 1. The number of hydrogen-bond acceptors (Lipinski definition) is 2. The van der Waals surface area contributed by atoms with Gasteiger partial charge in [-0.15, -0.1) is 11.6 Å². The molecule has 1 aromatic heterocycles. The van der Waals surface area contributed by atoms with E-state index >= 15 is 0 Å². The van der Waals surface area contributed by atoms with Crippen LogP contribution in [0.1, 0.15) is 32.5 Å². The molecule has 0 fully saturated rings. The van der Waals surface area contributed by atoms with Gasteiger partial charge in [-0.05, 0) is 38.8 Å². The van der Waals surface area contributed by atoms with Crippen molar-refractivity contribution >= 4 is 34.2 Å². The van der Waals surface area contributed by atoms with E-state index in [1.54, 1.807) is 0 Å². The van der Waals surface area contributed by atoms with Crippen molar-refractivity contribution in [3.63, 3.8) is 0 Å². The molecule has 3 nitrogen and oxygen atoms in total. The van der Waals surface area contributed by atoms with Gasteiger partial charge in [0, 0.05) is 25.5 Å². The fraction of sp³-hybridized carbons (Fsp3) is 0.562. The summed E-state index contributed by atoms with van der Waals surface area (Å²) in [6.07, 6.45) is 3.15. The summed E-state index contributed by atoms with van der Waals surface area (Å²) >= 11 is 12.1. The van der Waals surface area contributed by atoms with E-state index in [1.165, 1.54) is 0 Å². The minimum Gasteiger partial charge on any atom is -0.379 e. The number of nitrogens with zero attached hydrogens (tertiary/aromatic N) is 2. The average Bonchev–Trinajstić information content (AvgIpc) is 2.78. The largest absolute Gasteiger partial charge is 0.379 e. The van der Waals surface area contributed by atoms with Crippen molar-refractivity contribution in [2.24, 2.45) is 0 Å². The van der Waals surface area contributed by atoms with Crippen LogP contribution in [0.4, 0.5) is 0 Å². The zero-order valence-corrected chi connectivity index (χ0v) is 14.1. The van der Waals surface area contributed by atoms with Crippen LogP contribution in [0.25, 0.3) is 11.0 Å². The highest BCUT2D eigenvalue weighted by Crippen LogP contribution is 2.24. The van der Waals surface area contributed by atoms with E-state index in [-0.39, 0.29) is 0 Å². The molecule has 0 spiro atoms. The molecule has 0 aliphatic carbocycles. The van der Waals surface area contributed by atoms with E-state index in [0.717, 1.165) is 49.3 Å². The number of rotatable bonds is 8. The highest BCUT2D eigenvalue weighted by Gasteiger charge is 2.12. The first kappa shape index (κ1) is 16.6. The minimum atomic E-state index is 0.296. The number of hydrogen-bond donors (Lipinski definition) is 0. The molecule has 0 amide bonds. The Labute approximate surface area is 136 Å². The molecule has 2 aromatic rings. The van der Waals surface area contributed by atoms with Gasteiger partial charge in [-0.3, -0.25) is 0 Å². The molecule has 2 rings (SSSR count). The first-order chi connectivity index (χ1) is 10.1. The standard InChI is InChI=1S/C16H22Cl2N2O/c1-12(2)21-11-4-3-10-20-14-7-5-6-13(18)16(14)19-15(20)8-9-17/h5-7,12H,3-4,8-11H2,1-2H3. The summed E-state index contributed by atoms with van der Waals surface area (Å²) in [6.45, 7) is 5.84. The molecular formula is C16H22Cl2N2O. The van der Waals surface area contributed by atoms with Gasteiger partial charge >= 0.3 is 0 Å². The molecule has 0 aliphatic rings. The van der Waals surface area contributed by atoms with E-state index in [0.29, 0.717) is 17.0 Å². The third kappa shape index (κ3) is 4.35. The molecule has 5 heteroatoms. The van der Waals surface area contributed by atoms with Crippen LogP contribution in [0.5, 0.6) is 0 Å². The normalized spacial score (nSPS) is 11.7. The molecule has 0 aliphatic heterocycles. The maximum absolute atomic E-state index is 6.23. The Kier molecular flexibility index (Phi) is 6.34. The number of alkyl halides is 1. The van der Waals surface area contributed by atoms with Crippen LogP contribution in [-0.4, -0.2) is 28.1 Å². The number of fused-ring (bicyclic) bond motifs is 1. The van der Waals surface area contributed by atoms with Crippen molar-refractivity contribution in [2.45, 2.75) is 45.8 Å². The lowest BCUT2D eigenvalue weighted by molar-refractivity contribution is 0.0754. The van der Waals surface area contributed by atoms with Crippen LogP contribution in [0.15, 0.2) is 18.2 Å². The van der Waals surface area contributed by atoms with Gasteiger partial charge in [0.1, 0.15) is 11.3 Å². The smallest absolute Gasteiger partial charge is 0.111 e. The Morgan fingerprint density at radius 3 is 2.81 bits per heavy atom.